The van der Waals surface area contributed by atoms with Gasteiger partial charge in [0.2, 0.25) is 0 Å². The van der Waals surface area contributed by atoms with Gasteiger partial charge >= 0.3 is 0 Å². The molecule has 0 saturated heterocycles. The van der Waals surface area contributed by atoms with E-state index in [-0.39, 0.29) is 12.4 Å². The van der Waals surface area contributed by atoms with Crippen LogP contribution < -0.4 is 0 Å². The minimum Gasteiger partial charge on any atom is -0.353 e. The van der Waals surface area contributed by atoms with Crippen LogP contribution in [0, 0.1) is 0 Å². The average molecular weight is 200 g/mol. The summed E-state index contributed by atoms with van der Waals surface area (Å²) >= 11 is 0. The van der Waals surface area contributed by atoms with Gasteiger partial charge in [0.05, 0.1) is 0 Å². The molecule has 0 amide bonds. The highest BCUT2D eigenvalue weighted by Gasteiger charge is 2.19. The SMILES string of the molecule is CCOC(C)O[C@@H]1C=CC[C@H](C=O)O1. The molecule has 0 radical (unpaired) electrons. The number of carbonyl (C=O) groups is 1. The Bertz CT molecular complexity index is 202. The van der Waals surface area contributed by atoms with Gasteiger partial charge in [0.15, 0.2) is 12.6 Å². The van der Waals surface area contributed by atoms with Gasteiger partial charge in [-0.1, -0.05) is 6.08 Å². The van der Waals surface area contributed by atoms with E-state index in [1.807, 2.05) is 13.0 Å². The highest BCUT2D eigenvalue weighted by atomic mass is 16.8. The Hall–Kier alpha value is -0.710. The fraction of sp³-hybridized carbons (Fsp3) is 0.700. The van der Waals surface area contributed by atoms with E-state index in [9.17, 15) is 4.79 Å². The minimum absolute atomic E-state index is 0.319. The number of rotatable bonds is 5. The molecule has 0 aromatic heterocycles. The van der Waals surface area contributed by atoms with Crippen molar-refractivity contribution >= 4 is 6.29 Å². The summed E-state index contributed by atoms with van der Waals surface area (Å²) in [5.74, 6) is 0. The molecule has 0 bridgehead atoms. The Labute approximate surface area is 83.8 Å². The molecule has 1 aliphatic rings. The lowest BCUT2D eigenvalue weighted by molar-refractivity contribution is -0.231. The second-order valence-electron chi connectivity index (χ2n) is 3.00. The smallest absolute Gasteiger partial charge is 0.180 e. The highest BCUT2D eigenvalue weighted by molar-refractivity contribution is 5.56. The van der Waals surface area contributed by atoms with E-state index >= 15 is 0 Å². The Morgan fingerprint density at radius 2 is 2.50 bits per heavy atom. The summed E-state index contributed by atoms with van der Waals surface area (Å²) in [6.45, 7) is 4.28. The van der Waals surface area contributed by atoms with Crippen molar-refractivity contribution in [2.24, 2.45) is 0 Å². The molecule has 0 saturated carbocycles. The normalized spacial score (nSPS) is 28.7. The van der Waals surface area contributed by atoms with Gasteiger partial charge in [-0.25, -0.2) is 0 Å². The van der Waals surface area contributed by atoms with Gasteiger partial charge in [0.1, 0.15) is 12.4 Å². The fourth-order valence-electron chi connectivity index (χ4n) is 1.22. The van der Waals surface area contributed by atoms with Gasteiger partial charge in [-0.2, -0.15) is 0 Å². The van der Waals surface area contributed by atoms with Gasteiger partial charge in [-0.05, 0) is 26.3 Å². The number of ether oxygens (including phenoxy) is 3. The molecule has 0 fully saturated rings. The number of hydrogen-bond acceptors (Lipinski definition) is 4. The van der Waals surface area contributed by atoms with E-state index < -0.39 is 6.29 Å². The number of carbonyl (C=O) groups excluding carboxylic acids is 1. The van der Waals surface area contributed by atoms with Crippen molar-refractivity contribution in [3.63, 3.8) is 0 Å². The van der Waals surface area contributed by atoms with Crippen LogP contribution in [0.15, 0.2) is 12.2 Å². The predicted octanol–water partition coefficient (Wildman–Crippen LogP) is 1.26. The number of aldehydes is 1. The lowest BCUT2D eigenvalue weighted by Gasteiger charge is -2.25. The van der Waals surface area contributed by atoms with Crippen molar-refractivity contribution < 1.29 is 19.0 Å². The van der Waals surface area contributed by atoms with Gasteiger partial charge in [0, 0.05) is 6.61 Å². The molecule has 4 heteroatoms. The standard InChI is InChI=1S/C10H16O4/c1-3-12-8(2)13-10-6-4-5-9(7-11)14-10/h4,6-10H,3,5H2,1-2H3/t8?,9-,10+/m1/s1. The van der Waals surface area contributed by atoms with Crippen molar-refractivity contribution in [1.82, 2.24) is 0 Å². The first-order valence-corrected chi connectivity index (χ1v) is 4.80. The maximum absolute atomic E-state index is 10.5. The van der Waals surface area contributed by atoms with E-state index in [2.05, 4.69) is 0 Å². The summed E-state index contributed by atoms with van der Waals surface area (Å²) in [4.78, 5) is 10.5. The van der Waals surface area contributed by atoms with E-state index in [4.69, 9.17) is 14.2 Å². The maximum atomic E-state index is 10.5. The monoisotopic (exact) mass is 200 g/mol. The molecule has 0 spiro atoms. The summed E-state index contributed by atoms with van der Waals surface area (Å²) in [5, 5.41) is 0. The molecule has 0 aromatic carbocycles. The highest BCUT2D eigenvalue weighted by Crippen LogP contribution is 2.13. The third-order valence-electron chi connectivity index (χ3n) is 1.85. The predicted molar refractivity (Wildman–Crippen MR) is 50.7 cm³/mol. The van der Waals surface area contributed by atoms with E-state index in [0.29, 0.717) is 13.0 Å². The summed E-state index contributed by atoms with van der Waals surface area (Å²) in [6, 6.07) is 0. The molecule has 1 heterocycles. The molecule has 0 aliphatic carbocycles. The Balaban J connectivity index is 2.33. The quantitative estimate of drug-likeness (QED) is 0.380. The zero-order chi connectivity index (χ0) is 10.4. The Morgan fingerprint density at radius 3 is 3.14 bits per heavy atom. The van der Waals surface area contributed by atoms with E-state index in [1.54, 1.807) is 13.0 Å². The average Bonchev–Trinajstić information content (AvgIpc) is 2.18. The summed E-state index contributed by atoms with van der Waals surface area (Å²) < 4.78 is 15.9. The molecule has 14 heavy (non-hydrogen) atoms. The van der Waals surface area contributed by atoms with Crippen LogP contribution in [-0.4, -0.2) is 31.6 Å². The van der Waals surface area contributed by atoms with Gasteiger partial charge in [-0.3, -0.25) is 0 Å². The molecule has 1 unspecified atom stereocenters. The third kappa shape index (κ3) is 3.57. The first-order valence-electron chi connectivity index (χ1n) is 4.80. The maximum Gasteiger partial charge on any atom is 0.180 e. The molecule has 80 valence electrons. The molecule has 0 N–H and O–H groups in total. The summed E-state index contributed by atoms with van der Waals surface area (Å²) in [6.07, 6.45) is 3.89. The van der Waals surface area contributed by atoms with Crippen LogP contribution >= 0.6 is 0 Å². The van der Waals surface area contributed by atoms with Gasteiger partial charge in [-0.15, -0.1) is 0 Å². The van der Waals surface area contributed by atoms with Crippen LogP contribution in [0.4, 0.5) is 0 Å². The van der Waals surface area contributed by atoms with Crippen LogP contribution in [-0.2, 0) is 19.0 Å². The van der Waals surface area contributed by atoms with Crippen LogP contribution in [0.25, 0.3) is 0 Å². The topological polar surface area (TPSA) is 44.8 Å². The van der Waals surface area contributed by atoms with Crippen LogP contribution in [0.1, 0.15) is 20.3 Å². The summed E-state index contributed by atoms with van der Waals surface area (Å²) in [5.41, 5.74) is 0. The lowest BCUT2D eigenvalue weighted by Crippen LogP contribution is -2.30. The Kier molecular flexibility index (Phi) is 4.79. The van der Waals surface area contributed by atoms with Crippen molar-refractivity contribution in [2.75, 3.05) is 6.61 Å². The van der Waals surface area contributed by atoms with Crippen molar-refractivity contribution in [2.45, 2.75) is 39.0 Å². The van der Waals surface area contributed by atoms with Crippen LogP contribution in [0.2, 0.25) is 0 Å². The Morgan fingerprint density at radius 1 is 1.71 bits per heavy atom. The van der Waals surface area contributed by atoms with E-state index in [1.165, 1.54) is 0 Å². The largest absolute Gasteiger partial charge is 0.353 e. The van der Waals surface area contributed by atoms with Crippen molar-refractivity contribution in [3.05, 3.63) is 12.2 Å². The molecular formula is C10H16O4. The first-order chi connectivity index (χ1) is 6.76. The molecule has 0 aromatic rings. The van der Waals surface area contributed by atoms with E-state index in [0.717, 1.165) is 6.29 Å². The molecule has 1 rings (SSSR count). The van der Waals surface area contributed by atoms with Crippen LogP contribution in [0.3, 0.4) is 0 Å². The van der Waals surface area contributed by atoms with Crippen LogP contribution in [0.5, 0.6) is 0 Å². The van der Waals surface area contributed by atoms with Gasteiger partial charge < -0.3 is 19.0 Å². The first kappa shape index (κ1) is 11.4. The number of hydrogen-bond donors (Lipinski definition) is 0. The zero-order valence-corrected chi connectivity index (χ0v) is 8.51. The second kappa shape index (κ2) is 5.90. The molecule has 4 nitrogen and oxygen atoms in total. The fourth-order valence-corrected chi connectivity index (χ4v) is 1.22. The molecular weight excluding hydrogens is 184 g/mol. The minimum atomic E-state index is -0.472. The zero-order valence-electron chi connectivity index (χ0n) is 8.51. The van der Waals surface area contributed by atoms with Crippen molar-refractivity contribution in [3.8, 4) is 0 Å². The second-order valence-corrected chi connectivity index (χ2v) is 3.00. The molecule has 3 atom stereocenters. The lowest BCUT2D eigenvalue weighted by atomic mass is 10.2. The molecule has 1 aliphatic heterocycles. The van der Waals surface area contributed by atoms with Gasteiger partial charge in [0.25, 0.3) is 0 Å². The third-order valence-corrected chi connectivity index (χ3v) is 1.85. The summed E-state index contributed by atoms with van der Waals surface area (Å²) in [7, 11) is 0. The van der Waals surface area contributed by atoms with Crippen molar-refractivity contribution in [1.29, 1.82) is 0 Å².